The molecule has 0 saturated carbocycles. The van der Waals surface area contributed by atoms with E-state index in [0.717, 1.165) is 11.3 Å². The van der Waals surface area contributed by atoms with E-state index in [0.29, 0.717) is 21.8 Å². The van der Waals surface area contributed by atoms with Gasteiger partial charge < -0.3 is 9.63 Å². The number of nitrogens with zero attached hydrogens (tertiary/aromatic N) is 2. The van der Waals surface area contributed by atoms with Crippen LogP contribution in [0.2, 0.25) is 0 Å². The molecule has 1 atom stereocenters. The molecule has 0 saturated heterocycles. The molecule has 1 aromatic carbocycles. The van der Waals surface area contributed by atoms with E-state index < -0.39 is 21.9 Å². The van der Waals surface area contributed by atoms with Crippen molar-refractivity contribution >= 4 is 33.0 Å². The number of carboxylic acids is 1. The Morgan fingerprint density at radius 1 is 1.24 bits per heavy atom. The summed E-state index contributed by atoms with van der Waals surface area (Å²) in [6, 6.07) is 11.5. The number of benzene rings is 1. The van der Waals surface area contributed by atoms with E-state index >= 15 is 0 Å². The number of anilines is 1. The van der Waals surface area contributed by atoms with Crippen molar-refractivity contribution in [1.82, 2.24) is 5.16 Å². The molecule has 3 heterocycles. The SMILES string of the molecule is O=C(O)C1CN(S(=O)(=O)c2ccc(-c3ccon3)s2)c2ccccc21. The van der Waals surface area contributed by atoms with E-state index in [1.54, 1.807) is 36.4 Å². The largest absolute Gasteiger partial charge is 0.481 e. The number of para-hydroxylation sites is 1. The summed E-state index contributed by atoms with van der Waals surface area (Å²) in [6.45, 7) is -0.117. The van der Waals surface area contributed by atoms with Crippen LogP contribution in [0.3, 0.4) is 0 Å². The molecule has 0 amide bonds. The van der Waals surface area contributed by atoms with Crippen LogP contribution in [0, 0.1) is 0 Å². The molecule has 0 radical (unpaired) electrons. The number of sulfonamides is 1. The van der Waals surface area contributed by atoms with Gasteiger partial charge in [-0.05, 0) is 23.8 Å². The average Bonchev–Trinajstić information content (AvgIpc) is 3.32. The second-order valence-corrected chi connectivity index (χ2v) is 8.66. The van der Waals surface area contributed by atoms with Crippen molar-refractivity contribution in [3.05, 3.63) is 54.3 Å². The first-order chi connectivity index (χ1) is 12.0. The molecule has 7 nitrogen and oxygen atoms in total. The first-order valence-electron chi connectivity index (χ1n) is 7.33. The van der Waals surface area contributed by atoms with Gasteiger partial charge in [0.25, 0.3) is 10.0 Å². The molecule has 9 heteroatoms. The van der Waals surface area contributed by atoms with Crippen LogP contribution in [-0.4, -0.2) is 31.2 Å². The number of rotatable bonds is 4. The average molecular weight is 376 g/mol. The number of aromatic nitrogens is 1. The molecular formula is C16H12N2O5S2. The highest BCUT2D eigenvalue weighted by Gasteiger charge is 2.40. The van der Waals surface area contributed by atoms with Gasteiger partial charge in [-0.15, -0.1) is 11.3 Å². The molecule has 1 aliphatic heterocycles. The summed E-state index contributed by atoms with van der Waals surface area (Å²) in [5, 5.41) is 13.2. The second-order valence-electron chi connectivity index (χ2n) is 5.49. The quantitative estimate of drug-likeness (QED) is 0.751. The van der Waals surface area contributed by atoms with E-state index in [-0.39, 0.29) is 10.8 Å². The van der Waals surface area contributed by atoms with Crippen LogP contribution < -0.4 is 4.31 Å². The Balaban J connectivity index is 1.75. The van der Waals surface area contributed by atoms with Gasteiger partial charge in [0, 0.05) is 6.07 Å². The van der Waals surface area contributed by atoms with Crippen LogP contribution >= 0.6 is 11.3 Å². The van der Waals surface area contributed by atoms with Gasteiger partial charge in [0.2, 0.25) is 0 Å². The van der Waals surface area contributed by atoms with Crippen molar-refractivity contribution in [3.63, 3.8) is 0 Å². The highest BCUT2D eigenvalue weighted by molar-refractivity contribution is 7.94. The summed E-state index contributed by atoms with van der Waals surface area (Å²) >= 11 is 1.07. The Morgan fingerprint density at radius 2 is 2.04 bits per heavy atom. The maximum atomic E-state index is 13.0. The standard InChI is InChI=1S/C16H12N2O5S2/c19-16(20)11-9-18(13-4-2-1-3-10(11)13)25(21,22)15-6-5-14(24-15)12-7-8-23-17-12/h1-8,11H,9H2,(H,19,20). The summed E-state index contributed by atoms with van der Waals surface area (Å²) in [5.74, 6) is -1.92. The minimum Gasteiger partial charge on any atom is -0.481 e. The van der Waals surface area contributed by atoms with Crippen molar-refractivity contribution in [1.29, 1.82) is 0 Å². The van der Waals surface area contributed by atoms with Gasteiger partial charge in [0.15, 0.2) is 0 Å². The van der Waals surface area contributed by atoms with Crippen LogP contribution in [0.25, 0.3) is 10.6 Å². The van der Waals surface area contributed by atoms with Crippen molar-refractivity contribution in [2.45, 2.75) is 10.1 Å². The molecule has 0 fully saturated rings. The smallest absolute Gasteiger partial charge is 0.312 e. The lowest BCUT2D eigenvalue weighted by Gasteiger charge is -2.18. The van der Waals surface area contributed by atoms with Crippen LogP contribution in [0.1, 0.15) is 11.5 Å². The lowest BCUT2D eigenvalue weighted by molar-refractivity contribution is -0.138. The number of hydrogen-bond donors (Lipinski definition) is 1. The third-order valence-electron chi connectivity index (χ3n) is 4.04. The Kier molecular flexibility index (Phi) is 3.62. The Bertz CT molecular complexity index is 1040. The molecule has 4 rings (SSSR count). The Labute approximate surface area is 147 Å². The first kappa shape index (κ1) is 15.9. The minimum atomic E-state index is -3.86. The zero-order valence-electron chi connectivity index (χ0n) is 12.7. The van der Waals surface area contributed by atoms with Gasteiger partial charge in [-0.2, -0.15) is 0 Å². The number of aliphatic carboxylic acids is 1. The van der Waals surface area contributed by atoms with Gasteiger partial charge in [-0.25, -0.2) is 8.42 Å². The lowest BCUT2D eigenvalue weighted by Crippen LogP contribution is -2.30. The molecule has 1 aliphatic rings. The molecule has 3 aromatic rings. The van der Waals surface area contributed by atoms with Gasteiger partial charge >= 0.3 is 5.97 Å². The zero-order valence-corrected chi connectivity index (χ0v) is 14.3. The fourth-order valence-electron chi connectivity index (χ4n) is 2.86. The third-order valence-corrected chi connectivity index (χ3v) is 7.40. The summed E-state index contributed by atoms with van der Waals surface area (Å²) < 4.78 is 32.2. The van der Waals surface area contributed by atoms with Crippen molar-refractivity contribution in [3.8, 4) is 10.6 Å². The summed E-state index contributed by atoms with van der Waals surface area (Å²) in [6.07, 6.45) is 1.41. The van der Waals surface area contributed by atoms with E-state index in [1.165, 1.54) is 16.6 Å². The molecule has 1 unspecified atom stereocenters. The third kappa shape index (κ3) is 2.52. The normalized spacial score (nSPS) is 16.8. The molecule has 0 aliphatic carbocycles. The maximum Gasteiger partial charge on any atom is 0.312 e. The first-order valence-corrected chi connectivity index (χ1v) is 9.59. The molecular weight excluding hydrogens is 364 g/mol. The highest BCUT2D eigenvalue weighted by atomic mass is 32.2. The predicted molar refractivity (Wildman–Crippen MR) is 91.2 cm³/mol. The molecule has 1 N–H and O–H groups in total. The number of carboxylic acid groups (broad SMARTS) is 1. The number of thiophene rings is 1. The second kappa shape index (κ2) is 5.71. The maximum absolute atomic E-state index is 13.0. The molecule has 2 aromatic heterocycles. The summed E-state index contributed by atoms with van der Waals surface area (Å²) in [7, 11) is -3.86. The van der Waals surface area contributed by atoms with Gasteiger partial charge in [-0.1, -0.05) is 23.4 Å². The monoisotopic (exact) mass is 376 g/mol. The van der Waals surface area contributed by atoms with E-state index in [4.69, 9.17) is 4.52 Å². The van der Waals surface area contributed by atoms with E-state index in [1.807, 2.05) is 0 Å². The van der Waals surface area contributed by atoms with Crippen molar-refractivity contribution < 1.29 is 22.8 Å². The zero-order chi connectivity index (χ0) is 17.6. The van der Waals surface area contributed by atoms with Crippen molar-refractivity contribution in [2.75, 3.05) is 10.8 Å². The number of fused-ring (bicyclic) bond motifs is 1. The van der Waals surface area contributed by atoms with Crippen LogP contribution in [0.5, 0.6) is 0 Å². The lowest BCUT2D eigenvalue weighted by atomic mass is 10.0. The molecule has 25 heavy (non-hydrogen) atoms. The fraction of sp³-hybridized carbons (Fsp3) is 0.125. The van der Waals surface area contributed by atoms with Crippen LogP contribution in [-0.2, 0) is 14.8 Å². The number of carbonyl (C=O) groups is 1. The predicted octanol–water partition coefficient (Wildman–Crippen LogP) is 2.78. The molecule has 0 spiro atoms. The topological polar surface area (TPSA) is 101 Å². The number of hydrogen-bond acceptors (Lipinski definition) is 6. The molecule has 0 bridgehead atoms. The summed E-state index contributed by atoms with van der Waals surface area (Å²) in [4.78, 5) is 12.2. The van der Waals surface area contributed by atoms with Gasteiger partial charge in [0.05, 0.1) is 17.1 Å². The Hall–Kier alpha value is -2.65. The minimum absolute atomic E-state index is 0.117. The summed E-state index contributed by atoms with van der Waals surface area (Å²) in [5.41, 5.74) is 1.47. The Morgan fingerprint density at radius 3 is 2.76 bits per heavy atom. The fourth-order valence-corrected chi connectivity index (χ4v) is 5.74. The molecule has 128 valence electrons. The van der Waals surface area contributed by atoms with Crippen LogP contribution in [0.15, 0.2) is 57.5 Å². The highest BCUT2D eigenvalue weighted by Crippen LogP contribution is 2.41. The van der Waals surface area contributed by atoms with Gasteiger partial charge in [-0.3, -0.25) is 9.10 Å². The van der Waals surface area contributed by atoms with Crippen molar-refractivity contribution in [2.24, 2.45) is 0 Å². The van der Waals surface area contributed by atoms with Gasteiger partial charge in [0.1, 0.15) is 22.1 Å². The van der Waals surface area contributed by atoms with Crippen LogP contribution in [0.4, 0.5) is 5.69 Å². The van der Waals surface area contributed by atoms with E-state index in [2.05, 4.69) is 5.16 Å². The van der Waals surface area contributed by atoms with E-state index in [9.17, 15) is 18.3 Å².